The van der Waals surface area contributed by atoms with Gasteiger partial charge in [0.1, 0.15) is 0 Å². The third-order valence-corrected chi connectivity index (χ3v) is 4.66. The Labute approximate surface area is 114 Å². The zero-order valence-electron chi connectivity index (χ0n) is 12.9. The molecule has 1 fully saturated rings. The molecule has 1 unspecified atom stereocenters. The van der Waals surface area contributed by atoms with Gasteiger partial charge in [0.2, 0.25) is 0 Å². The first kappa shape index (κ1) is 16.0. The van der Waals surface area contributed by atoms with E-state index in [4.69, 9.17) is 5.73 Å². The number of likely N-dealkylation sites (tertiary alicyclic amines) is 1. The Morgan fingerprint density at radius 2 is 1.67 bits per heavy atom. The molecule has 0 aromatic heterocycles. The van der Waals surface area contributed by atoms with E-state index < -0.39 is 0 Å². The van der Waals surface area contributed by atoms with E-state index in [2.05, 4.69) is 25.7 Å². The molecule has 0 aromatic carbocycles. The van der Waals surface area contributed by atoms with Crippen molar-refractivity contribution in [2.24, 2.45) is 5.73 Å². The fourth-order valence-electron chi connectivity index (χ4n) is 3.35. The van der Waals surface area contributed by atoms with Gasteiger partial charge >= 0.3 is 0 Å². The monoisotopic (exact) mass is 254 g/mol. The SMILES string of the molecule is CCCCCCC(C)(CCC)N1CCC(N)CC1. The van der Waals surface area contributed by atoms with Gasteiger partial charge in [-0.1, -0.05) is 46.0 Å². The van der Waals surface area contributed by atoms with Crippen molar-refractivity contribution in [1.29, 1.82) is 0 Å². The van der Waals surface area contributed by atoms with Crippen LogP contribution in [0.3, 0.4) is 0 Å². The average molecular weight is 254 g/mol. The van der Waals surface area contributed by atoms with E-state index in [-0.39, 0.29) is 0 Å². The van der Waals surface area contributed by atoms with Crippen LogP contribution in [0, 0.1) is 0 Å². The molecule has 2 heteroatoms. The van der Waals surface area contributed by atoms with Crippen molar-refractivity contribution in [3.05, 3.63) is 0 Å². The number of piperidine rings is 1. The van der Waals surface area contributed by atoms with Crippen LogP contribution >= 0.6 is 0 Å². The van der Waals surface area contributed by atoms with Crippen LogP contribution in [-0.4, -0.2) is 29.6 Å². The summed E-state index contributed by atoms with van der Waals surface area (Å²) in [6, 6.07) is 0.451. The Bertz CT molecular complexity index is 209. The molecule has 1 heterocycles. The highest BCUT2D eigenvalue weighted by Crippen LogP contribution is 2.30. The van der Waals surface area contributed by atoms with E-state index in [1.54, 1.807) is 0 Å². The first-order valence-corrected chi connectivity index (χ1v) is 8.13. The number of rotatable bonds is 8. The first-order chi connectivity index (χ1) is 8.62. The smallest absolute Gasteiger partial charge is 0.0181 e. The van der Waals surface area contributed by atoms with Crippen LogP contribution in [0.25, 0.3) is 0 Å². The summed E-state index contributed by atoms with van der Waals surface area (Å²) in [4.78, 5) is 2.73. The van der Waals surface area contributed by atoms with Gasteiger partial charge in [0.05, 0.1) is 0 Å². The third-order valence-electron chi connectivity index (χ3n) is 4.66. The van der Waals surface area contributed by atoms with Crippen LogP contribution < -0.4 is 5.73 Å². The summed E-state index contributed by atoms with van der Waals surface area (Å²) in [5.41, 5.74) is 6.46. The van der Waals surface area contributed by atoms with Crippen LogP contribution in [0.4, 0.5) is 0 Å². The molecule has 0 amide bonds. The Morgan fingerprint density at radius 1 is 1.00 bits per heavy atom. The molecule has 1 saturated heterocycles. The summed E-state index contributed by atoms with van der Waals surface area (Å²) in [7, 11) is 0. The molecule has 1 atom stereocenters. The predicted molar refractivity (Wildman–Crippen MR) is 80.9 cm³/mol. The van der Waals surface area contributed by atoms with Gasteiger partial charge in [-0.3, -0.25) is 4.90 Å². The average Bonchev–Trinajstić information content (AvgIpc) is 2.36. The number of nitrogens with two attached hydrogens (primary N) is 1. The Morgan fingerprint density at radius 3 is 2.22 bits per heavy atom. The maximum absolute atomic E-state index is 6.03. The minimum Gasteiger partial charge on any atom is -0.328 e. The van der Waals surface area contributed by atoms with Gasteiger partial charge in [0, 0.05) is 24.7 Å². The fourth-order valence-corrected chi connectivity index (χ4v) is 3.35. The first-order valence-electron chi connectivity index (χ1n) is 8.13. The lowest BCUT2D eigenvalue weighted by molar-refractivity contribution is 0.0571. The highest BCUT2D eigenvalue weighted by Gasteiger charge is 2.32. The van der Waals surface area contributed by atoms with Crippen LogP contribution in [0.5, 0.6) is 0 Å². The number of nitrogens with zero attached hydrogens (tertiary/aromatic N) is 1. The van der Waals surface area contributed by atoms with E-state index in [0.717, 1.165) is 0 Å². The van der Waals surface area contributed by atoms with Crippen molar-refractivity contribution in [2.45, 2.75) is 90.1 Å². The molecule has 1 rings (SSSR count). The lowest BCUT2D eigenvalue weighted by atomic mass is 9.85. The highest BCUT2D eigenvalue weighted by atomic mass is 15.2. The normalized spacial score (nSPS) is 22.0. The second-order valence-electron chi connectivity index (χ2n) is 6.38. The van der Waals surface area contributed by atoms with Gasteiger partial charge in [0.25, 0.3) is 0 Å². The Balaban J connectivity index is 2.44. The highest BCUT2D eigenvalue weighted by molar-refractivity contribution is 4.89. The van der Waals surface area contributed by atoms with Gasteiger partial charge in [-0.2, -0.15) is 0 Å². The molecule has 2 N–H and O–H groups in total. The molecule has 0 aliphatic carbocycles. The van der Waals surface area contributed by atoms with Crippen molar-refractivity contribution < 1.29 is 0 Å². The molecule has 0 saturated carbocycles. The van der Waals surface area contributed by atoms with Gasteiger partial charge < -0.3 is 5.73 Å². The molecule has 1 aliphatic heterocycles. The molecule has 0 bridgehead atoms. The van der Waals surface area contributed by atoms with E-state index in [1.807, 2.05) is 0 Å². The summed E-state index contributed by atoms with van der Waals surface area (Å²) in [5.74, 6) is 0. The van der Waals surface area contributed by atoms with Crippen molar-refractivity contribution in [3.8, 4) is 0 Å². The van der Waals surface area contributed by atoms with Crippen LogP contribution in [0.15, 0.2) is 0 Å². The van der Waals surface area contributed by atoms with Crippen molar-refractivity contribution in [1.82, 2.24) is 4.90 Å². The second-order valence-corrected chi connectivity index (χ2v) is 6.38. The van der Waals surface area contributed by atoms with Crippen molar-refractivity contribution in [2.75, 3.05) is 13.1 Å². The van der Waals surface area contributed by atoms with Gasteiger partial charge in [-0.25, -0.2) is 0 Å². The van der Waals surface area contributed by atoms with E-state index in [0.29, 0.717) is 11.6 Å². The summed E-state index contributed by atoms with van der Waals surface area (Å²) in [6.07, 6.45) is 11.9. The Kier molecular flexibility index (Phi) is 7.25. The largest absolute Gasteiger partial charge is 0.328 e. The minimum absolute atomic E-state index is 0.433. The summed E-state index contributed by atoms with van der Waals surface area (Å²) < 4.78 is 0. The number of unbranched alkanes of at least 4 members (excludes halogenated alkanes) is 3. The molecule has 0 spiro atoms. The summed E-state index contributed by atoms with van der Waals surface area (Å²) in [6.45, 7) is 9.52. The van der Waals surface area contributed by atoms with Crippen LogP contribution in [0.2, 0.25) is 0 Å². The molecule has 1 aliphatic rings. The maximum atomic E-state index is 6.03. The molecule has 18 heavy (non-hydrogen) atoms. The van der Waals surface area contributed by atoms with Crippen molar-refractivity contribution >= 4 is 0 Å². The summed E-state index contributed by atoms with van der Waals surface area (Å²) >= 11 is 0. The number of hydrogen-bond acceptors (Lipinski definition) is 2. The maximum Gasteiger partial charge on any atom is 0.0181 e. The molecule has 108 valence electrons. The van der Waals surface area contributed by atoms with Gasteiger partial charge in [-0.15, -0.1) is 0 Å². The van der Waals surface area contributed by atoms with E-state index in [9.17, 15) is 0 Å². The van der Waals surface area contributed by atoms with Crippen molar-refractivity contribution in [3.63, 3.8) is 0 Å². The van der Waals surface area contributed by atoms with Gasteiger partial charge in [-0.05, 0) is 32.6 Å². The molecular formula is C16H34N2. The standard InChI is InChI=1S/C16H34N2/c1-4-6-7-8-12-16(3,11-5-2)18-13-9-15(17)10-14-18/h15H,4-14,17H2,1-3H3. The summed E-state index contributed by atoms with van der Waals surface area (Å²) in [5, 5.41) is 0. The second kappa shape index (κ2) is 8.16. The Hall–Kier alpha value is -0.0800. The minimum atomic E-state index is 0.433. The third kappa shape index (κ3) is 4.89. The van der Waals surface area contributed by atoms with E-state index >= 15 is 0 Å². The van der Waals surface area contributed by atoms with E-state index in [1.165, 1.54) is 70.9 Å². The number of hydrogen-bond donors (Lipinski definition) is 1. The quantitative estimate of drug-likeness (QED) is 0.665. The lowest BCUT2D eigenvalue weighted by Gasteiger charge is -2.45. The van der Waals surface area contributed by atoms with Gasteiger partial charge in [0.15, 0.2) is 0 Å². The van der Waals surface area contributed by atoms with Crippen LogP contribution in [-0.2, 0) is 0 Å². The molecule has 2 nitrogen and oxygen atoms in total. The zero-order valence-corrected chi connectivity index (χ0v) is 12.9. The molecular weight excluding hydrogens is 220 g/mol. The zero-order chi connectivity index (χ0) is 13.4. The topological polar surface area (TPSA) is 29.3 Å². The molecule has 0 radical (unpaired) electrons. The molecule has 0 aromatic rings. The fraction of sp³-hybridized carbons (Fsp3) is 1.00. The van der Waals surface area contributed by atoms with Crippen LogP contribution in [0.1, 0.15) is 78.6 Å². The predicted octanol–water partition coefficient (Wildman–Crippen LogP) is 3.94. The lowest BCUT2D eigenvalue weighted by Crippen LogP contribution is -2.52.